The molecule has 1 aromatic rings. The van der Waals surface area contributed by atoms with Gasteiger partial charge in [-0.1, -0.05) is 44.5 Å². The highest BCUT2D eigenvalue weighted by atomic mass is 35.5. The summed E-state index contributed by atoms with van der Waals surface area (Å²) in [7, 11) is 0. The fraction of sp³-hybridized carbons (Fsp3) is 0.588. The number of amides is 1. The van der Waals surface area contributed by atoms with E-state index in [0.717, 1.165) is 30.6 Å². The van der Waals surface area contributed by atoms with Gasteiger partial charge >= 0.3 is 0 Å². The second kappa shape index (κ2) is 10.6. The molecule has 0 aliphatic heterocycles. The fourth-order valence-electron chi connectivity index (χ4n) is 2.21. The van der Waals surface area contributed by atoms with Gasteiger partial charge in [-0.15, -0.1) is 12.4 Å². The van der Waals surface area contributed by atoms with Gasteiger partial charge in [0, 0.05) is 13.2 Å². The molecule has 0 aliphatic carbocycles. The number of ether oxygens (including phenoxy) is 1. The lowest BCUT2D eigenvalue weighted by atomic mass is 9.96. The van der Waals surface area contributed by atoms with Crippen molar-refractivity contribution in [1.29, 1.82) is 0 Å². The third kappa shape index (κ3) is 6.77. The fourth-order valence-corrected chi connectivity index (χ4v) is 2.21. The molecule has 1 amide bonds. The van der Waals surface area contributed by atoms with E-state index in [-0.39, 0.29) is 18.3 Å². The van der Waals surface area contributed by atoms with Gasteiger partial charge in [0.15, 0.2) is 0 Å². The van der Waals surface area contributed by atoms with E-state index in [2.05, 4.69) is 12.2 Å². The van der Waals surface area contributed by atoms with Crippen LogP contribution < -0.4 is 11.1 Å². The van der Waals surface area contributed by atoms with E-state index in [0.29, 0.717) is 19.6 Å². The standard InChI is InChI=1S/C17H28N2O2.ClH/c1-4-10-17(3,18)16(20)19-12-14-8-6-7-9-15(14)13-21-11-5-2;/h6-9H,4-5,10-13,18H2,1-3H3,(H,19,20);1H. The summed E-state index contributed by atoms with van der Waals surface area (Å²) in [6.45, 7) is 7.70. The van der Waals surface area contributed by atoms with Crippen molar-refractivity contribution in [3.05, 3.63) is 35.4 Å². The van der Waals surface area contributed by atoms with Gasteiger partial charge in [0.2, 0.25) is 5.91 Å². The molecule has 1 unspecified atom stereocenters. The minimum atomic E-state index is -0.803. The lowest BCUT2D eigenvalue weighted by Crippen LogP contribution is -2.51. The minimum Gasteiger partial charge on any atom is -0.377 e. The summed E-state index contributed by atoms with van der Waals surface area (Å²) < 4.78 is 5.58. The van der Waals surface area contributed by atoms with Crippen molar-refractivity contribution in [3.8, 4) is 0 Å². The summed E-state index contributed by atoms with van der Waals surface area (Å²) in [6.07, 6.45) is 2.57. The topological polar surface area (TPSA) is 64.3 Å². The molecule has 0 saturated heterocycles. The number of carbonyl (C=O) groups is 1. The average Bonchev–Trinajstić information content (AvgIpc) is 2.46. The largest absolute Gasteiger partial charge is 0.377 e. The Kier molecular flexibility index (Phi) is 10.1. The predicted molar refractivity (Wildman–Crippen MR) is 93.0 cm³/mol. The second-order valence-corrected chi connectivity index (χ2v) is 5.67. The molecule has 0 heterocycles. The van der Waals surface area contributed by atoms with Crippen molar-refractivity contribution < 1.29 is 9.53 Å². The molecule has 3 N–H and O–H groups in total. The van der Waals surface area contributed by atoms with Crippen LogP contribution in [0.15, 0.2) is 24.3 Å². The monoisotopic (exact) mass is 328 g/mol. The minimum absolute atomic E-state index is 0. The predicted octanol–water partition coefficient (Wildman–Crippen LogP) is 3.17. The number of benzene rings is 1. The smallest absolute Gasteiger partial charge is 0.240 e. The van der Waals surface area contributed by atoms with Crippen molar-refractivity contribution in [3.63, 3.8) is 0 Å². The zero-order valence-corrected chi connectivity index (χ0v) is 14.7. The molecule has 4 nitrogen and oxygen atoms in total. The third-order valence-corrected chi connectivity index (χ3v) is 3.45. The number of nitrogens with one attached hydrogen (secondary N) is 1. The Morgan fingerprint density at radius 1 is 1.23 bits per heavy atom. The number of rotatable bonds is 9. The van der Waals surface area contributed by atoms with E-state index in [9.17, 15) is 4.79 Å². The van der Waals surface area contributed by atoms with Crippen LogP contribution in [0, 0.1) is 0 Å². The van der Waals surface area contributed by atoms with Gasteiger partial charge in [-0.3, -0.25) is 4.79 Å². The van der Waals surface area contributed by atoms with Crippen LogP contribution in [-0.2, 0) is 22.7 Å². The molecule has 5 heteroatoms. The average molecular weight is 329 g/mol. The van der Waals surface area contributed by atoms with Crippen LogP contribution in [0.2, 0.25) is 0 Å². The van der Waals surface area contributed by atoms with E-state index in [1.807, 2.05) is 31.2 Å². The number of carbonyl (C=O) groups excluding carboxylic acids is 1. The molecule has 0 saturated carbocycles. The quantitative estimate of drug-likeness (QED) is 0.684. The molecule has 0 bridgehead atoms. The van der Waals surface area contributed by atoms with Crippen LogP contribution >= 0.6 is 12.4 Å². The van der Waals surface area contributed by atoms with Crippen LogP contribution in [0.3, 0.4) is 0 Å². The maximum absolute atomic E-state index is 12.1. The van der Waals surface area contributed by atoms with E-state index < -0.39 is 5.54 Å². The van der Waals surface area contributed by atoms with Crippen molar-refractivity contribution in [2.24, 2.45) is 5.73 Å². The first-order valence-electron chi connectivity index (χ1n) is 7.73. The molecule has 1 rings (SSSR count). The number of hydrogen-bond donors (Lipinski definition) is 2. The van der Waals surface area contributed by atoms with Crippen LogP contribution in [0.4, 0.5) is 0 Å². The first-order chi connectivity index (χ1) is 10.0. The summed E-state index contributed by atoms with van der Waals surface area (Å²) >= 11 is 0. The van der Waals surface area contributed by atoms with Gasteiger partial charge in [0.05, 0.1) is 12.1 Å². The van der Waals surface area contributed by atoms with Crippen molar-refractivity contribution in [2.75, 3.05) is 6.61 Å². The summed E-state index contributed by atoms with van der Waals surface area (Å²) in [6, 6.07) is 8.00. The van der Waals surface area contributed by atoms with Crippen molar-refractivity contribution in [2.45, 2.75) is 58.7 Å². The van der Waals surface area contributed by atoms with E-state index >= 15 is 0 Å². The van der Waals surface area contributed by atoms with Crippen LogP contribution in [-0.4, -0.2) is 18.1 Å². The number of nitrogens with two attached hydrogens (primary N) is 1. The van der Waals surface area contributed by atoms with E-state index in [1.165, 1.54) is 0 Å². The molecule has 22 heavy (non-hydrogen) atoms. The Bertz CT molecular complexity index is 450. The Balaban J connectivity index is 0.00000441. The molecule has 1 aromatic carbocycles. The third-order valence-electron chi connectivity index (χ3n) is 3.45. The molecule has 126 valence electrons. The molecule has 1 atom stereocenters. The Morgan fingerprint density at radius 2 is 1.86 bits per heavy atom. The van der Waals surface area contributed by atoms with Gasteiger partial charge in [0.25, 0.3) is 0 Å². The summed E-state index contributed by atoms with van der Waals surface area (Å²) in [5, 5.41) is 2.94. The van der Waals surface area contributed by atoms with E-state index in [4.69, 9.17) is 10.5 Å². The normalized spacial score (nSPS) is 13.1. The van der Waals surface area contributed by atoms with Crippen molar-refractivity contribution in [1.82, 2.24) is 5.32 Å². The molecule has 0 aromatic heterocycles. The second-order valence-electron chi connectivity index (χ2n) is 5.67. The zero-order chi connectivity index (χ0) is 15.7. The maximum Gasteiger partial charge on any atom is 0.240 e. The number of halogens is 1. The molecule has 0 fully saturated rings. The SMILES string of the molecule is CCCOCc1ccccc1CNC(=O)C(C)(N)CCC.Cl. The van der Waals surface area contributed by atoms with Gasteiger partial charge in [-0.25, -0.2) is 0 Å². The van der Waals surface area contributed by atoms with Crippen LogP contribution in [0.25, 0.3) is 0 Å². The first kappa shape index (κ1) is 20.9. The summed E-state index contributed by atoms with van der Waals surface area (Å²) in [5.74, 6) is -0.103. The van der Waals surface area contributed by atoms with Crippen LogP contribution in [0.5, 0.6) is 0 Å². The van der Waals surface area contributed by atoms with Gasteiger partial charge in [-0.2, -0.15) is 0 Å². The molecule has 0 radical (unpaired) electrons. The Labute approximate surface area is 140 Å². The first-order valence-corrected chi connectivity index (χ1v) is 7.73. The van der Waals surface area contributed by atoms with E-state index in [1.54, 1.807) is 6.92 Å². The highest BCUT2D eigenvalue weighted by Gasteiger charge is 2.26. The lowest BCUT2D eigenvalue weighted by molar-refractivity contribution is -0.126. The van der Waals surface area contributed by atoms with Gasteiger partial charge in [0.1, 0.15) is 0 Å². The summed E-state index contributed by atoms with van der Waals surface area (Å²) in [5.41, 5.74) is 7.42. The van der Waals surface area contributed by atoms with Gasteiger partial charge in [-0.05, 0) is 30.9 Å². The summed E-state index contributed by atoms with van der Waals surface area (Å²) in [4.78, 5) is 12.1. The number of hydrogen-bond acceptors (Lipinski definition) is 3. The van der Waals surface area contributed by atoms with Crippen molar-refractivity contribution >= 4 is 18.3 Å². The van der Waals surface area contributed by atoms with Crippen LogP contribution in [0.1, 0.15) is 51.2 Å². The lowest BCUT2D eigenvalue weighted by Gasteiger charge is -2.23. The maximum atomic E-state index is 12.1. The zero-order valence-electron chi connectivity index (χ0n) is 13.9. The highest BCUT2D eigenvalue weighted by molar-refractivity contribution is 5.85. The molecular weight excluding hydrogens is 300 g/mol. The van der Waals surface area contributed by atoms with Gasteiger partial charge < -0.3 is 15.8 Å². The molecular formula is C17H29ClN2O2. The molecule has 0 spiro atoms. The Hall–Kier alpha value is -1.10. The highest BCUT2D eigenvalue weighted by Crippen LogP contribution is 2.12. The Morgan fingerprint density at radius 3 is 2.45 bits per heavy atom. The molecule has 0 aliphatic rings.